The molecule has 1 aliphatic rings. The van der Waals surface area contributed by atoms with Gasteiger partial charge in [0.1, 0.15) is 0 Å². The van der Waals surface area contributed by atoms with Crippen molar-refractivity contribution in [3.63, 3.8) is 0 Å². The van der Waals surface area contributed by atoms with Gasteiger partial charge in [0.25, 0.3) is 11.8 Å². The molecule has 4 rings (SSSR count). The lowest BCUT2D eigenvalue weighted by atomic mass is 10.0. The van der Waals surface area contributed by atoms with Crippen molar-refractivity contribution in [3.05, 3.63) is 100 Å². The minimum Gasteiger partial charge on any atom is -0.462 e. The highest BCUT2D eigenvalue weighted by Gasteiger charge is 2.37. The third-order valence-electron chi connectivity index (χ3n) is 6.02. The molecule has 0 fully saturated rings. The number of nitrogens with zero attached hydrogens (tertiary/aromatic N) is 1. The normalized spacial score (nSPS) is 13.3. The van der Waals surface area contributed by atoms with Crippen molar-refractivity contribution in [1.29, 1.82) is 0 Å². The van der Waals surface area contributed by atoms with Crippen molar-refractivity contribution in [2.24, 2.45) is 5.92 Å². The molecule has 1 heterocycles. The van der Waals surface area contributed by atoms with Crippen molar-refractivity contribution in [2.45, 2.75) is 33.8 Å². The molecule has 0 spiro atoms. The third kappa shape index (κ3) is 5.39. The van der Waals surface area contributed by atoms with E-state index in [9.17, 15) is 24.0 Å². The van der Waals surface area contributed by atoms with Crippen LogP contribution in [0.15, 0.2) is 66.7 Å². The van der Waals surface area contributed by atoms with Crippen LogP contribution in [-0.2, 0) is 9.47 Å². The van der Waals surface area contributed by atoms with Crippen LogP contribution in [0.1, 0.15) is 78.1 Å². The van der Waals surface area contributed by atoms with Crippen LogP contribution >= 0.6 is 0 Å². The standard InChI is InChI=1S/C30H27NO7/c1-17(2)16-37-29(35)21-9-12-23(13-10-21)31-27(33)24-14-11-22(15-25(24)28(31)34)30(36)38-19(4)26(32)20-7-5-18(3)6-8-20/h5-15,17,19H,16H2,1-4H3. The maximum Gasteiger partial charge on any atom is 0.338 e. The monoisotopic (exact) mass is 513 g/mol. The smallest absolute Gasteiger partial charge is 0.338 e. The molecule has 3 aromatic carbocycles. The quantitative estimate of drug-likeness (QED) is 0.236. The van der Waals surface area contributed by atoms with Crippen molar-refractivity contribution in [3.8, 4) is 0 Å². The Bertz CT molecular complexity index is 1420. The Balaban J connectivity index is 1.48. The number of hydrogen-bond donors (Lipinski definition) is 0. The van der Waals surface area contributed by atoms with E-state index in [0.29, 0.717) is 11.1 Å². The van der Waals surface area contributed by atoms with Crippen molar-refractivity contribution in [1.82, 2.24) is 0 Å². The highest BCUT2D eigenvalue weighted by Crippen LogP contribution is 2.30. The van der Waals surface area contributed by atoms with E-state index in [0.717, 1.165) is 10.5 Å². The highest BCUT2D eigenvalue weighted by atomic mass is 16.5. The summed E-state index contributed by atoms with van der Waals surface area (Å²) in [4.78, 5) is 64.6. The molecule has 0 bridgehead atoms. The topological polar surface area (TPSA) is 107 Å². The van der Waals surface area contributed by atoms with Gasteiger partial charge in [0.2, 0.25) is 5.78 Å². The largest absolute Gasteiger partial charge is 0.462 e. The van der Waals surface area contributed by atoms with E-state index in [1.54, 1.807) is 24.3 Å². The summed E-state index contributed by atoms with van der Waals surface area (Å²) in [5, 5.41) is 0. The molecule has 1 aliphatic heterocycles. The highest BCUT2D eigenvalue weighted by molar-refractivity contribution is 6.34. The number of carbonyl (C=O) groups is 5. The summed E-state index contributed by atoms with van der Waals surface area (Å²) in [7, 11) is 0. The Kier molecular flexibility index (Phi) is 7.52. The molecule has 0 aromatic heterocycles. The number of amides is 2. The van der Waals surface area contributed by atoms with Gasteiger partial charge in [-0.25, -0.2) is 14.5 Å². The number of ketones is 1. The van der Waals surface area contributed by atoms with Crippen LogP contribution in [0.4, 0.5) is 5.69 Å². The molecule has 8 nitrogen and oxygen atoms in total. The second kappa shape index (κ2) is 10.8. The van der Waals surface area contributed by atoms with Crippen LogP contribution < -0.4 is 4.90 Å². The fraction of sp³-hybridized carbons (Fsp3) is 0.233. The van der Waals surface area contributed by atoms with Gasteiger partial charge < -0.3 is 9.47 Å². The molecule has 194 valence electrons. The molecule has 0 saturated heterocycles. The van der Waals surface area contributed by atoms with E-state index in [1.807, 2.05) is 20.8 Å². The number of hydrogen-bond acceptors (Lipinski definition) is 7. The number of carbonyl (C=O) groups excluding carboxylic acids is 5. The molecule has 0 aliphatic carbocycles. The molecule has 2 amide bonds. The van der Waals surface area contributed by atoms with Gasteiger partial charge in [-0.15, -0.1) is 0 Å². The number of esters is 2. The van der Waals surface area contributed by atoms with Gasteiger partial charge in [-0.05, 0) is 62.2 Å². The molecule has 0 N–H and O–H groups in total. The minimum atomic E-state index is -1.04. The summed E-state index contributed by atoms with van der Waals surface area (Å²) in [5.74, 6) is -2.61. The second-order valence-electron chi connectivity index (χ2n) is 9.52. The summed E-state index contributed by atoms with van der Waals surface area (Å²) in [6, 6.07) is 16.9. The summed E-state index contributed by atoms with van der Waals surface area (Å²) in [6.45, 7) is 7.51. The van der Waals surface area contributed by atoms with Crippen LogP contribution in [0.5, 0.6) is 0 Å². The van der Waals surface area contributed by atoms with E-state index >= 15 is 0 Å². The number of fused-ring (bicyclic) bond motifs is 1. The summed E-state index contributed by atoms with van der Waals surface area (Å²) in [5.41, 5.74) is 2.21. The molecule has 0 saturated carbocycles. The van der Waals surface area contributed by atoms with Crippen LogP contribution in [-0.4, -0.2) is 42.2 Å². The fourth-order valence-electron chi connectivity index (χ4n) is 3.91. The number of aryl methyl sites for hydroxylation is 1. The fourth-order valence-corrected chi connectivity index (χ4v) is 3.91. The molecular weight excluding hydrogens is 486 g/mol. The number of imide groups is 1. The summed E-state index contributed by atoms with van der Waals surface area (Å²) >= 11 is 0. The number of anilines is 1. The molecule has 1 atom stereocenters. The number of benzene rings is 3. The first-order valence-corrected chi connectivity index (χ1v) is 12.2. The van der Waals surface area contributed by atoms with E-state index in [2.05, 4.69) is 0 Å². The summed E-state index contributed by atoms with van der Waals surface area (Å²) in [6.07, 6.45) is -1.04. The molecule has 3 aromatic rings. The van der Waals surface area contributed by atoms with E-state index in [-0.39, 0.29) is 40.7 Å². The van der Waals surface area contributed by atoms with Crippen molar-refractivity contribution < 1.29 is 33.4 Å². The van der Waals surface area contributed by atoms with E-state index in [1.165, 1.54) is 49.4 Å². The van der Waals surface area contributed by atoms with Crippen LogP contribution in [0.25, 0.3) is 0 Å². The van der Waals surface area contributed by atoms with E-state index < -0.39 is 29.9 Å². The van der Waals surface area contributed by atoms with Gasteiger partial charge in [-0.1, -0.05) is 43.7 Å². The Morgan fingerprint density at radius 3 is 1.95 bits per heavy atom. The Labute approximate surface area is 220 Å². The van der Waals surface area contributed by atoms with Gasteiger partial charge in [0, 0.05) is 5.56 Å². The Morgan fingerprint density at radius 2 is 1.32 bits per heavy atom. The predicted molar refractivity (Wildman–Crippen MR) is 140 cm³/mol. The summed E-state index contributed by atoms with van der Waals surface area (Å²) < 4.78 is 10.5. The molecule has 1 unspecified atom stereocenters. The van der Waals surface area contributed by atoms with Crippen LogP contribution in [0.2, 0.25) is 0 Å². The molecule has 0 radical (unpaired) electrons. The van der Waals surface area contributed by atoms with E-state index in [4.69, 9.17) is 9.47 Å². The molecular formula is C30H27NO7. The first-order valence-electron chi connectivity index (χ1n) is 12.2. The average molecular weight is 514 g/mol. The third-order valence-corrected chi connectivity index (χ3v) is 6.02. The van der Waals surface area contributed by atoms with Gasteiger partial charge in [0.15, 0.2) is 6.10 Å². The molecule has 8 heteroatoms. The van der Waals surface area contributed by atoms with Crippen molar-refractivity contribution >= 4 is 35.2 Å². The maximum absolute atomic E-state index is 13.1. The van der Waals surface area contributed by atoms with Gasteiger partial charge in [-0.2, -0.15) is 0 Å². The zero-order chi connectivity index (χ0) is 27.6. The van der Waals surface area contributed by atoms with Gasteiger partial charge in [0.05, 0.1) is 34.5 Å². The second-order valence-corrected chi connectivity index (χ2v) is 9.52. The number of ether oxygens (including phenoxy) is 2. The Morgan fingerprint density at radius 1 is 0.737 bits per heavy atom. The number of rotatable bonds is 8. The first-order chi connectivity index (χ1) is 18.1. The Hall–Kier alpha value is -4.59. The average Bonchev–Trinajstić information content (AvgIpc) is 3.16. The SMILES string of the molecule is Cc1ccc(C(=O)C(C)OC(=O)c2ccc3c(c2)C(=O)N(c2ccc(C(=O)OCC(C)C)cc2)C3=O)cc1. The first kappa shape index (κ1) is 26.5. The van der Waals surface area contributed by atoms with Crippen molar-refractivity contribution in [2.75, 3.05) is 11.5 Å². The lowest BCUT2D eigenvalue weighted by Crippen LogP contribution is -2.29. The lowest BCUT2D eigenvalue weighted by Gasteiger charge is -2.14. The number of Topliss-reactive ketones (excluding diaryl/α,β-unsaturated/α-hetero) is 1. The lowest BCUT2D eigenvalue weighted by molar-refractivity contribution is 0.0318. The molecule has 38 heavy (non-hydrogen) atoms. The maximum atomic E-state index is 13.1. The van der Waals surface area contributed by atoms with Crippen LogP contribution in [0, 0.1) is 12.8 Å². The van der Waals surface area contributed by atoms with Crippen LogP contribution in [0.3, 0.4) is 0 Å². The van der Waals surface area contributed by atoms with Gasteiger partial charge in [-0.3, -0.25) is 14.4 Å². The predicted octanol–water partition coefficient (Wildman–Crippen LogP) is 5.04. The van der Waals surface area contributed by atoms with Gasteiger partial charge >= 0.3 is 11.9 Å². The minimum absolute atomic E-state index is 0.0403. The zero-order valence-electron chi connectivity index (χ0n) is 21.5. The zero-order valence-corrected chi connectivity index (χ0v) is 21.5.